The van der Waals surface area contributed by atoms with E-state index in [1.54, 1.807) is 72.8 Å². The van der Waals surface area contributed by atoms with Crippen LogP contribution in [0.3, 0.4) is 0 Å². The number of carbonyl (C=O) groups excluding carboxylic acids is 3. The van der Waals surface area contributed by atoms with Crippen LogP contribution in [0.4, 0.5) is 0 Å². The number of aliphatic hydroxyl groups is 1. The van der Waals surface area contributed by atoms with Crippen molar-refractivity contribution in [2.75, 3.05) is 46.2 Å². The molecule has 75 heavy (non-hydrogen) atoms. The second-order valence-electron chi connectivity index (χ2n) is 20.8. The molecular formula is C64H100O11. The Bertz CT molecular complexity index is 1780. The lowest BCUT2D eigenvalue weighted by Crippen LogP contribution is -2.43. The zero-order valence-corrected chi connectivity index (χ0v) is 47.2. The zero-order valence-electron chi connectivity index (χ0n) is 47.2. The summed E-state index contributed by atoms with van der Waals surface area (Å²) in [5, 5.41) is 11.3. The van der Waals surface area contributed by atoms with Gasteiger partial charge in [0.2, 0.25) is 0 Å². The second kappa shape index (κ2) is 42.5. The van der Waals surface area contributed by atoms with Crippen LogP contribution >= 0.6 is 0 Å². The minimum absolute atomic E-state index is 0.284. The molecule has 0 aliphatic heterocycles. The highest BCUT2D eigenvalue weighted by Crippen LogP contribution is 2.28. The fourth-order valence-electron chi connectivity index (χ4n) is 8.90. The first-order valence-corrected chi connectivity index (χ1v) is 29.6. The molecule has 0 aliphatic rings. The van der Waals surface area contributed by atoms with Crippen LogP contribution in [0.1, 0.15) is 253 Å². The number of carbonyl (C=O) groups is 3. The number of aliphatic hydroxyl groups excluding tert-OH is 1. The molecule has 1 atom stereocenters. The van der Waals surface area contributed by atoms with E-state index in [1.165, 1.54) is 161 Å². The number of esters is 3. The second-order valence-corrected chi connectivity index (χ2v) is 20.8. The van der Waals surface area contributed by atoms with Gasteiger partial charge in [-0.05, 0) is 79.9 Å². The number of hydrogen-bond acceptors (Lipinski definition) is 11. The minimum atomic E-state index is -1.41. The number of hydrogen-bond donors (Lipinski definition) is 1. The summed E-state index contributed by atoms with van der Waals surface area (Å²) < 4.78 is 41.2. The van der Waals surface area contributed by atoms with Crippen molar-refractivity contribution in [2.24, 2.45) is 5.41 Å². The predicted octanol–water partition coefficient (Wildman–Crippen LogP) is 16.9. The molecule has 0 saturated heterocycles. The van der Waals surface area contributed by atoms with Gasteiger partial charge < -0.3 is 38.3 Å². The maximum Gasteiger partial charge on any atom is 0.338 e. The van der Waals surface area contributed by atoms with Crippen molar-refractivity contribution < 1.29 is 52.6 Å². The van der Waals surface area contributed by atoms with Crippen LogP contribution < -0.4 is 14.2 Å². The van der Waals surface area contributed by atoms with E-state index in [0.717, 1.165) is 38.5 Å². The molecule has 0 radical (unpaired) electrons. The summed E-state index contributed by atoms with van der Waals surface area (Å²) in [4.78, 5) is 39.4. The molecule has 3 aromatic rings. The zero-order chi connectivity index (χ0) is 53.9. The van der Waals surface area contributed by atoms with Crippen molar-refractivity contribution >= 4 is 17.9 Å². The molecule has 1 N–H and O–H groups in total. The maximum atomic E-state index is 13.6. The van der Waals surface area contributed by atoms with E-state index in [4.69, 9.17) is 33.2 Å². The fourth-order valence-corrected chi connectivity index (χ4v) is 8.90. The Balaban J connectivity index is 1.59. The van der Waals surface area contributed by atoms with Crippen LogP contribution in [-0.4, -0.2) is 69.3 Å². The van der Waals surface area contributed by atoms with Gasteiger partial charge >= 0.3 is 17.9 Å². The van der Waals surface area contributed by atoms with Crippen LogP contribution in [0.5, 0.6) is 17.2 Å². The summed E-state index contributed by atoms with van der Waals surface area (Å²) in [6, 6.07) is 20.5. The highest BCUT2D eigenvalue weighted by molar-refractivity contribution is 5.90. The Morgan fingerprint density at radius 1 is 0.387 bits per heavy atom. The molecule has 11 heteroatoms. The van der Waals surface area contributed by atoms with E-state index >= 15 is 0 Å². The third kappa shape index (κ3) is 31.3. The molecule has 422 valence electrons. The summed E-state index contributed by atoms with van der Waals surface area (Å²) in [7, 11) is 0. The average molecular weight is 1050 g/mol. The largest absolute Gasteiger partial charge is 0.494 e. The first kappa shape index (κ1) is 64.7. The number of rotatable bonds is 48. The van der Waals surface area contributed by atoms with Crippen LogP contribution in [0.15, 0.2) is 72.8 Å². The molecule has 0 heterocycles. The third-order valence-corrected chi connectivity index (χ3v) is 13.8. The van der Waals surface area contributed by atoms with Gasteiger partial charge in [-0.2, -0.15) is 0 Å². The van der Waals surface area contributed by atoms with Gasteiger partial charge in [0.05, 0.1) is 43.0 Å². The van der Waals surface area contributed by atoms with E-state index in [1.807, 2.05) is 0 Å². The molecule has 0 amide bonds. The van der Waals surface area contributed by atoms with Crippen molar-refractivity contribution in [1.82, 2.24) is 0 Å². The summed E-state index contributed by atoms with van der Waals surface area (Å²) >= 11 is 0. The van der Waals surface area contributed by atoms with Crippen LogP contribution in [0.2, 0.25) is 0 Å². The molecule has 0 fully saturated rings. The SMILES string of the molecule is CCCCCCCCCCCCOc1ccc(C(=O)OCC(COC(C)=O)(COC(=O)c2ccc(OCCCCCCCCCCCC)cc2)COC(O)c2ccc(OCCCCCCCCCCCC)cc2)cc1. The molecule has 1 unspecified atom stereocenters. The minimum Gasteiger partial charge on any atom is -0.494 e. The van der Waals surface area contributed by atoms with Gasteiger partial charge in [0.15, 0.2) is 6.29 Å². The van der Waals surface area contributed by atoms with E-state index in [9.17, 15) is 19.5 Å². The first-order valence-electron chi connectivity index (χ1n) is 29.6. The van der Waals surface area contributed by atoms with Crippen molar-refractivity contribution in [3.05, 3.63) is 89.5 Å². The van der Waals surface area contributed by atoms with Gasteiger partial charge in [-0.15, -0.1) is 0 Å². The molecule has 0 saturated carbocycles. The Morgan fingerprint density at radius 3 is 0.973 bits per heavy atom. The normalized spacial score (nSPS) is 11.8. The lowest BCUT2D eigenvalue weighted by molar-refractivity contribution is -0.167. The van der Waals surface area contributed by atoms with E-state index in [2.05, 4.69) is 20.8 Å². The van der Waals surface area contributed by atoms with E-state index < -0.39 is 29.6 Å². The summed E-state index contributed by atoms with van der Waals surface area (Å²) in [5.41, 5.74) is -0.382. The lowest BCUT2D eigenvalue weighted by Gasteiger charge is -2.32. The quantitative estimate of drug-likeness (QED) is 0.0250. The van der Waals surface area contributed by atoms with Crippen LogP contribution in [0, 0.1) is 5.41 Å². The van der Waals surface area contributed by atoms with Gasteiger partial charge in [0, 0.05) is 12.5 Å². The Kier molecular flexibility index (Phi) is 36.6. The van der Waals surface area contributed by atoms with E-state index in [-0.39, 0.29) is 37.6 Å². The smallest absolute Gasteiger partial charge is 0.338 e. The molecule has 0 aromatic heterocycles. The van der Waals surface area contributed by atoms with Gasteiger partial charge in [-0.3, -0.25) is 4.79 Å². The summed E-state index contributed by atoms with van der Waals surface area (Å²) in [6.07, 6.45) is 35.9. The molecule has 0 bridgehead atoms. The third-order valence-electron chi connectivity index (χ3n) is 13.8. The molecular weight excluding hydrogens is 945 g/mol. The average Bonchev–Trinajstić information content (AvgIpc) is 3.43. The number of unbranched alkanes of at least 4 members (excludes halogenated alkanes) is 27. The van der Waals surface area contributed by atoms with Gasteiger partial charge in [-0.25, -0.2) is 9.59 Å². The van der Waals surface area contributed by atoms with Crippen LogP contribution in [0.25, 0.3) is 0 Å². The number of benzene rings is 3. The highest BCUT2D eigenvalue weighted by Gasteiger charge is 2.38. The highest BCUT2D eigenvalue weighted by atomic mass is 16.6. The van der Waals surface area contributed by atoms with Crippen molar-refractivity contribution in [2.45, 2.75) is 227 Å². The molecule has 3 rings (SSSR count). The van der Waals surface area contributed by atoms with Gasteiger partial charge in [0.25, 0.3) is 0 Å². The van der Waals surface area contributed by atoms with E-state index in [0.29, 0.717) is 42.6 Å². The Morgan fingerprint density at radius 2 is 0.667 bits per heavy atom. The van der Waals surface area contributed by atoms with Crippen molar-refractivity contribution in [3.63, 3.8) is 0 Å². The number of ether oxygens (including phenoxy) is 7. The monoisotopic (exact) mass is 1040 g/mol. The first-order chi connectivity index (χ1) is 36.7. The Labute approximate surface area is 453 Å². The Hall–Kier alpha value is -4.61. The standard InChI is InChI=1S/C64H100O11/c1-5-8-11-14-17-20-23-26-29-32-47-69-58-41-35-55(36-42-58)61(66)73-51-64(50-72-54(4)65,52-74-62(67)56-37-43-59(44-38-56)70-48-33-30-27-24-21-18-15-12-9-6-2)53-75-63(68)57-39-45-60(46-40-57)71-49-34-31-28-25-22-19-16-13-10-7-3/h35-46,61,66H,5-34,47-53H2,1-4H3. The molecule has 3 aromatic carbocycles. The maximum absolute atomic E-state index is 13.6. The summed E-state index contributed by atoms with van der Waals surface area (Å²) in [5.74, 6) is 0.126. The predicted molar refractivity (Wildman–Crippen MR) is 302 cm³/mol. The van der Waals surface area contributed by atoms with Crippen molar-refractivity contribution in [3.8, 4) is 17.2 Å². The fraction of sp³-hybridized carbons (Fsp3) is 0.672. The van der Waals surface area contributed by atoms with Gasteiger partial charge in [-0.1, -0.05) is 206 Å². The lowest BCUT2D eigenvalue weighted by atomic mass is 9.92. The van der Waals surface area contributed by atoms with Gasteiger partial charge in [0.1, 0.15) is 37.1 Å². The van der Waals surface area contributed by atoms with Crippen molar-refractivity contribution in [1.29, 1.82) is 0 Å². The molecule has 0 aliphatic carbocycles. The topological polar surface area (TPSA) is 136 Å². The molecule has 0 spiro atoms. The van der Waals surface area contributed by atoms with Crippen LogP contribution in [-0.2, 0) is 23.7 Å². The summed E-state index contributed by atoms with van der Waals surface area (Å²) in [6.45, 7) is 8.42. The molecule has 11 nitrogen and oxygen atoms in total.